The average molecular weight is 497 g/mol. The van der Waals surface area contributed by atoms with Crippen LogP contribution in [0, 0.1) is 6.92 Å². The number of ether oxygens (including phenoxy) is 2. The SMILES string of the molecule is CCOc1ccc(C(=O)Nc2ccccc2C(=O)OC)cc1CN(C)S(=O)(=O)c1ccc(C)cc1. The highest BCUT2D eigenvalue weighted by atomic mass is 32.2. The Hall–Kier alpha value is -3.69. The number of carbonyl (C=O) groups excluding carboxylic acids is 2. The number of carbonyl (C=O) groups is 2. The van der Waals surface area contributed by atoms with Crippen LogP contribution in [0.3, 0.4) is 0 Å². The van der Waals surface area contributed by atoms with Crippen molar-refractivity contribution in [2.45, 2.75) is 25.3 Å². The first-order chi connectivity index (χ1) is 16.7. The van der Waals surface area contributed by atoms with Gasteiger partial charge >= 0.3 is 5.97 Å². The van der Waals surface area contributed by atoms with E-state index in [1.54, 1.807) is 66.7 Å². The number of rotatable bonds is 9. The third-order valence-corrected chi connectivity index (χ3v) is 7.14. The van der Waals surface area contributed by atoms with Crippen molar-refractivity contribution in [1.29, 1.82) is 0 Å². The lowest BCUT2D eigenvalue weighted by atomic mass is 10.1. The lowest BCUT2D eigenvalue weighted by Crippen LogP contribution is -2.27. The molecule has 0 heterocycles. The third kappa shape index (κ3) is 6.06. The fraction of sp³-hybridized carbons (Fsp3) is 0.231. The first kappa shape index (κ1) is 25.9. The van der Waals surface area contributed by atoms with E-state index >= 15 is 0 Å². The predicted octanol–water partition coefficient (Wildman–Crippen LogP) is 4.25. The maximum absolute atomic E-state index is 13.1. The predicted molar refractivity (Wildman–Crippen MR) is 133 cm³/mol. The first-order valence-electron chi connectivity index (χ1n) is 10.9. The lowest BCUT2D eigenvalue weighted by Gasteiger charge is -2.20. The second-order valence-corrected chi connectivity index (χ2v) is 9.87. The van der Waals surface area contributed by atoms with E-state index in [4.69, 9.17) is 9.47 Å². The van der Waals surface area contributed by atoms with E-state index in [2.05, 4.69) is 5.32 Å². The molecule has 35 heavy (non-hydrogen) atoms. The maximum Gasteiger partial charge on any atom is 0.339 e. The van der Waals surface area contributed by atoms with Crippen LogP contribution in [0.4, 0.5) is 5.69 Å². The number of para-hydroxylation sites is 1. The summed E-state index contributed by atoms with van der Waals surface area (Å²) in [4.78, 5) is 25.2. The smallest absolute Gasteiger partial charge is 0.339 e. The zero-order chi connectivity index (χ0) is 25.6. The van der Waals surface area contributed by atoms with Gasteiger partial charge in [0.05, 0.1) is 29.9 Å². The molecule has 1 amide bonds. The van der Waals surface area contributed by atoms with Crippen molar-refractivity contribution in [1.82, 2.24) is 4.31 Å². The van der Waals surface area contributed by atoms with Crippen LogP contribution in [-0.2, 0) is 21.3 Å². The molecule has 0 spiro atoms. The Bertz CT molecular complexity index is 1320. The van der Waals surface area contributed by atoms with Gasteiger partial charge in [-0.3, -0.25) is 4.79 Å². The number of nitrogens with one attached hydrogen (secondary N) is 1. The third-order valence-electron chi connectivity index (χ3n) is 5.33. The summed E-state index contributed by atoms with van der Waals surface area (Å²) in [6.45, 7) is 4.07. The summed E-state index contributed by atoms with van der Waals surface area (Å²) in [6, 6.07) is 17.9. The van der Waals surface area contributed by atoms with E-state index in [0.717, 1.165) is 5.56 Å². The largest absolute Gasteiger partial charge is 0.494 e. The van der Waals surface area contributed by atoms with Gasteiger partial charge in [0.2, 0.25) is 10.0 Å². The molecule has 0 radical (unpaired) electrons. The van der Waals surface area contributed by atoms with Gasteiger partial charge in [0.15, 0.2) is 0 Å². The van der Waals surface area contributed by atoms with E-state index < -0.39 is 21.9 Å². The van der Waals surface area contributed by atoms with Crippen molar-refractivity contribution < 1.29 is 27.5 Å². The molecule has 3 rings (SSSR count). The highest BCUT2D eigenvalue weighted by Crippen LogP contribution is 2.26. The fourth-order valence-electron chi connectivity index (χ4n) is 3.43. The molecule has 0 unspecified atom stereocenters. The number of anilines is 1. The molecule has 0 aliphatic carbocycles. The second kappa shape index (κ2) is 11.2. The van der Waals surface area contributed by atoms with Crippen LogP contribution >= 0.6 is 0 Å². The summed E-state index contributed by atoms with van der Waals surface area (Å²) in [6.07, 6.45) is 0. The Balaban J connectivity index is 1.89. The standard InChI is InChI=1S/C26H28N2O6S/c1-5-34-24-15-12-19(25(29)27-23-9-7-6-8-22(23)26(30)33-4)16-20(24)17-28(3)35(31,32)21-13-10-18(2)11-14-21/h6-16H,5,17H2,1-4H3,(H,27,29). The summed E-state index contributed by atoms with van der Waals surface area (Å²) in [5.41, 5.74) is 2.29. The number of sulfonamides is 1. The minimum absolute atomic E-state index is 0.00852. The highest BCUT2D eigenvalue weighted by Gasteiger charge is 2.23. The number of aryl methyl sites for hydroxylation is 1. The Labute approximate surface area is 205 Å². The van der Waals surface area contributed by atoms with E-state index in [-0.39, 0.29) is 22.6 Å². The molecule has 0 bridgehead atoms. The summed E-state index contributed by atoms with van der Waals surface area (Å²) in [7, 11) is -1.02. The second-order valence-electron chi connectivity index (χ2n) is 7.82. The van der Waals surface area contributed by atoms with Crippen LogP contribution in [0.5, 0.6) is 5.75 Å². The van der Waals surface area contributed by atoms with Gasteiger partial charge in [-0.25, -0.2) is 13.2 Å². The number of benzene rings is 3. The zero-order valence-electron chi connectivity index (χ0n) is 20.1. The van der Waals surface area contributed by atoms with E-state index in [9.17, 15) is 18.0 Å². The Kier molecular flexibility index (Phi) is 8.26. The molecular weight excluding hydrogens is 468 g/mol. The van der Waals surface area contributed by atoms with Gasteiger partial charge in [-0.15, -0.1) is 0 Å². The number of nitrogens with zero attached hydrogens (tertiary/aromatic N) is 1. The molecule has 3 aromatic rings. The van der Waals surface area contributed by atoms with Crippen LogP contribution in [-0.4, -0.2) is 45.4 Å². The van der Waals surface area contributed by atoms with Gasteiger partial charge in [0.25, 0.3) is 5.91 Å². The Morgan fingerprint density at radius 1 is 1.00 bits per heavy atom. The topological polar surface area (TPSA) is 102 Å². The summed E-state index contributed by atoms with van der Waals surface area (Å²) < 4.78 is 37.8. The van der Waals surface area contributed by atoms with Crippen LogP contribution in [0.25, 0.3) is 0 Å². The summed E-state index contributed by atoms with van der Waals surface area (Å²) >= 11 is 0. The van der Waals surface area contributed by atoms with Crippen molar-refractivity contribution in [2.24, 2.45) is 0 Å². The van der Waals surface area contributed by atoms with Gasteiger partial charge in [0.1, 0.15) is 5.75 Å². The number of esters is 1. The number of hydrogen-bond donors (Lipinski definition) is 1. The van der Waals surface area contributed by atoms with Crippen molar-refractivity contribution in [3.05, 3.63) is 89.0 Å². The molecule has 9 heteroatoms. The molecule has 1 N–H and O–H groups in total. The molecule has 0 aromatic heterocycles. The fourth-order valence-corrected chi connectivity index (χ4v) is 4.58. The van der Waals surface area contributed by atoms with Crippen LogP contribution in [0.2, 0.25) is 0 Å². The molecule has 0 saturated carbocycles. The molecule has 0 saturated heterocycles. The van der Waals surface area contributed by atoms with E-state index in [1.165, 1.54) is 18.5 Å². The van der Waals surface area contributed by atoms with Gasteiger partial charge in [-0.05, 0) is 56.3 Å². The molecular formula is C26H28N2O6S. The summed E-state index contributed by atoms with van der Waals surface area (Å²) in [5, 5.41) is 2.72. The normalized spacial score (nSPS) is 11.2. The van der Waals surface area contributed by atoms with Gasteiger partial charge in [0, 0.05) is 24.7 Å². The van der Waals surface area contributed by atoms with Gasteiger partial charge in [-0.1, -0.05) is 29.8 Å². The lowest BCUT2D eigenvalue weighted by molar-refractivity contribution is 0.0602. The van der Waals surface area contributed by atoms with Crippen LogP contribution < -0.4 is 10.1 Å². The molecule has 0 fully saturated rings. The molecule has 0 aliphatic rings. The molecule has 0 atom stereocenters. The van der Waals surface area contributed by atoms with Crippen molar-refractivity contribution in [3.63, 3.8) is 0 Å². The van der Waals surface area contributed by atoms with Crippen LogP contribution in [0.1, 0.15) is 38.8 Å². The van der Waals surface area contributed by atoms with E-state index in [0.29, 0.717) is 23.6 Å². The maximum atomic E-state index is 13.1. The van der Waals surface area contributed by atoms with E-state index in [1.807, 2.05) is 13.8 Å². The Morgan fingerprint density at radius 3 is 2.34 bits per heavy atom. The molecule has 0 aliphatic heterocycles. The quantitative estimate of drug-likeness (QED) is 0.444. The van der Waals surface area contributed by atoms with Crippen molar-refractivity contribution >= 4 is 27.6 Å². The van der Waals surface area contributed by atoms with Crippen molar-refractivity contribution in [2.75, 3.05) is 26.1 Å². The first-order valence-corrected chi connectivity index (χ1v) is 12.4. The number of amides is 1. The Morgan fingerprint density at radius 2 is 1.69 bits per heavy atom. The minimum Gasteiger partial charge on any atom is -0.494 e. The molecule has 184 valence electrons. The average Bonchev–Trinajstić information content (AvgIpc) is 2.85. The van der Waals surface area contributed by atoms with Gasteiger partial charge < -0.3 is 14.8 Å². The monoisotopic (exact) mass is 496 g/mol. The summed E-state index contributed by atoms with van der Waals surface area (Å²) in [5.74, 6) is -0.559. The van der Waals surface area contributed by atoms with Gasteiger partial charge in [-0.2, -0.15) is 4.31 Å². The van der Waals surface area contributed by atoms with Crippen LogP contribution in [0.15, 0.2) is 71.6 Å². The number of hydrogen-bond acceptors (Lipinski definition) is 6. The molecule has 8 nitrogen and oxygen atoms in total. The van der Waals surface area contributed by atoms with Crippen molar-refractivity contribution in [3.8, 4) is 5.75 Å². The highest BCUT2D eigenvalue weighted by molar-refractivity contribution is 7.89. The minimum atomic E-state index is -3.76. The number of methoxy groups -OCH3 is 1. The molecule has 3 aromatic carbocycles. The zero-order valence-corrected chi connectivity index (χ0v) is 20.9.